The zero-order valence-electron chi connectivity index (χ0n) is 10.7. The largest absolute Gasteiger partial charge is 0.480 e. The van der Waals surface area contributed by atoms with Gasteiger partial charge in [0.25, 0.3) is 0 Å². The molecule has 0 amide bonds. The standard InChI is InChI=1S/C13H23NO3/c1-9(2)11-7-13(12(15)16,5-6-17-11)14-8-10-3-4-10/h9-11,14H,3-8H2,1-2H3,(H,15,16). The molecule has 0 aromatic rings. The first-order valence-corrected chi connectivity index (χ1v) is 6.63. The van der Waals surface area contributed by atoms with Gasteiger partial charge in [0.05, 0.1) is 6.10 Å². The molecule has 17 heavy (non-hydrogen) atoms. The van der Waals surface area contributed by atoms with Gasteiger partial charge in [-0.25, -0.2) is 0 Å². The zero-order chi connectivity index (χ0) is 12.5. The van der Waals surface area contributed by atoms with Gasteiger partial charge in [0.15, 0.2) is 0 Å². The minimum absolute atomic E-state index is 0.0616. The molecule has 2 N–H and O–H groups in total. The molecule has 0 aromatic heterocycles. The Morgan fingerprint density at radius 3 is 2.76 bits per heavy atom. The van der Waals surface area contributed by atoms with Crippen molar-refractivity contribution in [2.75, 3.05) is 13.2 Å². The van der Waals surface area contributed by atoms with E-state index in [1.165, 1.54) is 12.8 Å². The van der Waals surface area contributed by atoms with Crippen LogP contribution in [0.5, 0.6) is 0 Å². The molecule has 0 spiro atoms. The summed E-state index contributed by atoms with van der Waals surface area (Å²) in [5, 5.41) is 12.8. The summed E-state index contributed by atoms with van der Waals surface area (Å²) >= 11 is 0. The van der Waals surface area contributed by atoms with Crippen molar-refractivity contribution in [1.29, 1.82) is 0 Å². The van der Waals surface area contributed by atoms with Gasteiger partial charge in [0.1, 0.15) is 5.54 Å². The molecule has 4 nitrogen and oxygen atoms in total. The van der Waals surface area contributed by atoms with Gasteiger partial charge in [-0.3, -0.25) is 4.79 Å². The summed E-state index contributed by atoms with van der Waals surface area (Å²) in [4.78, 5) is 11.6. The number of carboxylic acids is 1. The third kappa shape index (κ3) is 2.99. The monoisotopic (exact) mass is 241 g/mol. The van der Waals surface area contributed by atoms with Crippen LogP contribution in [0.2, 0.25) is 0 Å². The summed E-state index contributed by atoms with van der Waals surface area (Å²) < 4.78 is 5.66. The first-order valence-electron chi connectivity index (χ1n) is 6.63. The van der Waals surface area contributed by atoms with Gasteiger partial charge in [-0.1, -0.05) is 13.8 Å². The minimum Gasteiger partial charge on any atom is -0.480 e. The Hall–Kier alpha value is -0.610. The topological polar surface area (TPSA) is 58.6 Å². The lowest BCUT2D eigenvalue weighted by Gasteiger charge is -2.40. The molecule has 1 saturated carbocycles. The second-order valence-electron chi connectivity index (χ2n) is 5.82. The quantitative estimate of drug-likeness (QED) is 0.768. The number of ether oxygens (including phenoxy) is 1. The van der Waals surface area contributed by atoms with Crippen molar-refractivity contribution in [3.8, 4) is 0 Å². The van der Waals surface area contributed by atoms with Crippen molar-refractivity contribution in [3.05, 3.63) is 0 Å². The second kappa shape index (κ2) is 4.94. The highest BCUT2D eigenvalue weighted by Crippen LogP contribution is 2.32. The highest BCUT2D eigenvalue weighted by Gasteiger charge is 2.44. The molecular formula is C13H23NO3. The maximum Gasteiger partial charge on any atom is 0.324 e. The average molecular weight is 241 g/mol. The summed E-state index contributed by atoms with van der Waals surface area (Å²) in [6, 6.07) is 0. The molecule has 1 aliphatic carbocycles. The number of hydrogen-bond acceptors (Lipinski definition) is 3. The van der Waals surface area contributed by atoms with Gasteiger partial charge in [-0.05, 0) is 37.6 Å². The highest BCUT2D eigenvalue weighted by molar-refractivity contribution is 5.79. The smallest absolute Gasteiger partial charge is 0.324 e. The number of hydrogen-bond donors (Lipinski definition) is 2. The molecule has 98 valence electrons. The molecule has 0 aromatic carbocycles. The van der Waals surface area contributed by atoms with Crippen LogP contribution >= 0.6 is 0 Å². The second-order valence-corrected chi connectivity index (χ2v) is 5.82. The van der Waals surface area contributed by atoms with Crippen LogP contribution in [0.4, 0.5) is 0 Å². The van der Waals surface area contributed by atoms with E-state index in [1.807, 2.05) is 0 Å². The Morgan fingerprint density at radius 1 is 1.53 bits per heavy atom. The lowest BCUT2D eigenvalue weighted by atomic mass is 9.83. The molecule has 0 radical (unpaired) electrons. The first kappa shape index (κ1) is 12.8. The van der Waals surface area contributed by atoms with Gasteiger partial charge in [-0.2, -0.15) is 0 Å². The van der Waals surface area contributed by atoms with Crippen molar-refractivity contribution in [2.45, 2.75) is 51.2 Å². The fourth-order valence-corrected chi connectivity index (χ4v) is 2.41. The van der Waals surface area contributed by atoms with Crippen LogP contribution in [0.1, 0.15) is 39.5 Å². The third-order valence-electron chi connectivity index (χ3n) is 3.99. The Morgan fingerprint density at radius 2 is 2.24 bits per heavy atom. The molecule has 1 aliphatic heterocycles. The maximum atomic E-state index is 11.6. The number of nitrogens with one attached hydrogen (secondary N) is 1. The Balaban J connectivity index is 2.00. The van der Waals surface area contributed by atoms with Gasteiger partial charge >= 0.3 is 5.97 Å². The van der Waals surface area contributed by atoms with Crippen molar-refractivity contribution in [1.82, 2.24) is 5.32 Å². The SMILES string of the molecule is CC(C)C1CC(NCC2CC2)(C(=O)O)CCO1. The Bertz CT molecular complexity index is 288. The van der Waals surface area contributed by atoms with E-state index in [2.05, 4.69) is 19.2 Å². The van der Waals surface area contributed by atoms with Crippen LogP contribution in [0.15, 0.2) is 0 Å². The number of rotatable bonds is 5. The van der Waals surface area contributed by atoms with Gasteiger partial charge in [-0.15, -0.1) is 0 Å². The normalized spacial score (nSPS) is 33.9. The molecule has 1 saturated heterocycles. The Labute approximate surface area is 103 Å². The van der Waals surface area contributed by atoms with E-state index in [1.54, 1.807) is 0 Å². The summed E-state index contributed by atoms with van der Waals surface area (Å²) in [5.41, 5.74) is -0.754. The minimum atomic E-state index is -0.754. The predicted molar refractivity (Wildman–Crippen MR) is 64.9 cm³/mol. The van der Waals surface area contributed by atoms with Crippen molar-refractivity contribution in [3.63, 3.8) is 0 Å². The van der Waals surface area contributed by atoms with E-state index in [0.29, 0.717) is 31.3 Å². The van der Waals surface area contributed by atoms with Crippen LogP contribution in [0, 0.1) is 11.8 Å². The van der Waals surface area contributed by atoms with E-state index in [0.717, 1.165) is 6.54 Å². The van der Waals surface area contributed by atoms with Gasteiger partial charge in [0, 0.05) is 13.0 Å². The maximum absolute atomic E-state index is 11.6. The van der Waals surface area contributed by atoms with Crippen LogP contribution < -0.4 is 5.32 Å². The number of carboxylic acid groups (broad SMARTS) is 1. The highest BCUT2D eigenvalue weighted by atomic mass is 16.5. The van der Waals surface area contributed by atoms with Crippen molar-refractivity contribution < 1.29 is 14.6 Å². The van der Waals surface area contributed by atoms with Crippen molar-refractivity contribution >= 4 is 5.97 Å². The third-order valence-corrected chi connectivity index (χ3v) is 3.99. The summed E-state index contributed by atoms with van der Waals surface area (Å²) in [7, 11) is 0. The van der Waals surface area contributed by atoms with E-state index in [9.17, 15) is 9.90 Å². The lowest BCUT2D eigenvalue weighted by molar-refractivity contribution is -0.153. The van der Waals surface area contributed by atoms with E-state index in [-0.39, 0.29) is 6.10 Å². The summed E-state index contributed by atoms with van der Waals surface area (Å²) in [6.07, 6.45) is 3.72. The molecule has 2 aliphatic rings. The fourth-order valence-electron chi connectivity index (χ4n) is 2.41. The molecule has 4 heteroatoms. The van der Waals surface area contributed by atoms with E-state index >= 15 is 0 Å². The molecule has 2 rings (SSSR count). The number of aliphatic carboxylic acids is 1. The predicted octanol–water partition coefficient (Wildman–Crippen LogP) is 1.64. The average Bonchev–Trinajstić information content (AvgIpc) is 3.10. The first-order chi connectivity index (χ1) is 8.03. The molecule has 2 atom stereocenters. The van der Waals surface area contributed by atoms with Crippen LogP contribution in [-0.4, -0.2) is 35.9 Å². The molecule has 2 fully saturated rings. The van der Waals surface area contributed by atoms with E-state index in [4.69, 9.17) is 4.74 Å². The molecule has 1 heterocycles. The number of carbonyl (C=O) groups is 1. The Kier molecular flexibility index (Phi) is 3.73. The van der Waals surface area contributed by atoms with Crippen LogP contribution in [0.3, 0.4) is 0 Å². The molecule has 2 unspecified atom stereocenters. The molecule has 0 bridgehead atoms. The van der Waals surface area contributed by atoms with Gasteiger partial charge < -0.3 is 15.2 Å². The van der Waals surface area contributed by atoms with E-state index < -0.39 is 11.5 Å². The summed E-state index contributed by atoms with van der Waals surface area (Å²) in [5.74, 6) is 0.357. The zero-order valence-corrected chi connectivity index (χ0v) is 10.7. The lowest BCUT2D eigenvalue weighted by Crippen LogP contribution is -2.58. The van der Waals surface area contributed by atoms with Crippen LogP contribution in [-0.2, 0) is 9.53 Å². The van der Waals surface area contributed by atoms with Gasteiger partial charge in [0.2, 0.25) is 0 Å². The van der Waals surface area contributed by atoms with Crippen LogP contribution in [0.25, 0.3) is 0 Å². The summed E-state index contributed by atoms with van der Waals surface area (Å²) in [6.45, 7) is 5.57. The van der Waals surface area contributed by atoms with Crippen molar-refractivity contribution in [2.24, 2.45) is 11.8 Å². The fraction of sp³-hybridized carbons (Fsp3) is 0.923. The molecular weight excluding hydrogens is 218 g/mol.